The molecule has 1 aromatic carbocycles. The third kappa shape index (κ3) is 3.39. The maximum Gasteiger partial charge on any atom is 0.230 e. The first-order valence-corrected chi connectivity index (χ1v) is 7.47. The number of benzene rings is 1. The number of aromatic nitrogens is 3. The summed E-state index contributed by atoms with van der Waals surface area (Å²) >= 11 is 1.39. The summed E-state index contributed by atoms with van der Waals surface area (Å²) < 4.78 is 1.92. The normalized spacial score (nSPS) is 10.6. The van der Waals surface area contributed by atoms with Crippen LogP contribution in [0, 0.1) is 13.8 Å². The molecular weight excluding hydrogens is 272 g/mol. The summed E-state index contributed by atoms with van der Waals surface area (Å²) in [6, 6.07) is 6.22. The van der Waals surface area contributed by atoms with Crippen LogP contribution in [0.5, 0.6) is 0 Å². The van der Waals surface area contributed by atoms with E-state index in [1.807, 2.05) is 17.6 Å². The molecule has 0 saturated carbocycles. The van der Waals surface area contributed by atoms with E-state index in [-0.39, 0.29) is 5.91 Å². The van der Waals surface area contributed by atoms with Gasteiger partial charge in [0.2, 0.25) is 5.91 Å². The van der Waals surface area contributed by atoms with Gasteiger partial charge in [0.05, 0.1) is 11.4 Å². The van der Waals surface area contributed by atoms with Gasteiger partial charge in [0.1, 0.15) is 6.33 Å². The first kappa shape index (κ1) is 14.6. The second kappa shape index (κ2) is 6.56. The number of nitrogens with zero attached hydrogens (tertiary/aromatic N) is 3. The predicted molar refractivity (Wildman–Crippen MR) is 80.2 cm³/mol. The fraction of sp³-hybridized carbons (Fsp3) is 0.357. The highest BCUT2D eigenvalue weighted by Gasteiger charge is 2.11. The largest absolute Gasteiger partial charge is 0.356 e. The topological polar surface area (TPSA) is 59.8 Å². The molecule has 0 aliphatic heterocycles. The third-order valence-electron chi connectivity index (χ3n) is 2.83. The van der Waals surface area contributed by atoms with Crippen molar-refractivity contribution in [2.24, 2.45) is 0 Å². The molecule has 0 radical (unpaired) electrons. The summed E-state index contributed by atoms with van der Waals surface area (Å²) in [5.41, 5.74) is 3.42. The number of aryl methyl sites for hydroxylation is 2. The van der Waals surface area contributed by atoms with Crippen LogP contribution in [0.2, 0.25) is 0 Å². The molecule has 0 saturated heterocycles. The van der Waals surface area contributed by atoms with E-state index in [0.29, 0.717) is 12.3 Å². The van der Waals surface area contributed by atoms with Crippen molar-refractivity contribution in [3.63, 3.8) is 0 Å². The standard InChI is InChI=1S/C14H18N4OS/c1-4-15-13(19)8-20-14-17-16-9-18(14)12-6-5-10(2)7-11(12)3/h5-7,9H,4,8H2,1-3H3,(H,15,19). The highest BCUT2D eigenvalue weighted by Crippen LogP contribution is 2.22. The Bertz CT molecular complexity index is 609. The van der Waals surface area contributed by atoms with Gasteiger partial charge in [0.15, 0.2) is 5.16 Å². The minimum absolute atomic E-state index is 0.00711. The summed E-state index contributed by atoms with van der Waals surface area (Å²) in [6.45, 7) is 6.66. The molecule has 0 spiro atoms. The molecule has 1 N–H and O–H groups in total. The lowest BCUT2D eigenvalue weighted by Gasteiger charge is -2.10. The number of rotatable bonds is 5. The van der Waals surface area contributed by atoms with Gasteiger partial charge in [0, 0.05) is 6.54 Å². The van der Waals surface area contributed by atoms with Crippen molar-refractivity contribution in [2.45, 2.75) is 25.9 Å². The monoisotopic (exact) mass is 290 g/mol. The highest BCUT2D eigenvalue weighted by atomic mass is 32.2. The van der Waals surface area contributed by atoms with Gasteiger partial charge in [-0.05, 0) is 32.4 Å². The second-order valence-corrected chi connectivity index (χ2v) is 5.46. The van der Waals surface area contributed by atoms with Crippen molar-refractivity contribution in [1.29, 1.82) is 0 Å². The van der Waals surface area contributed by atoms with E-state index >= 15 is 0 Å². The molecular formula is C14H18N4OS. The zero-order chi connectivity index (χ0) is 14.5. The lowest BCUT2D eigenvalue weighted by molar-refractivity contribution is -0.118. The Kier molecular flexibility index (Phi) is 4.79. The summed E-state index contributed by atoms with van der Waals surface area (Å²) in [7, 11) is 0. The van der Waals surface area contributed by atoms with Crippen molar-refractivity contribution in [1.82, 2.24) is 20.1 Å². The van der Waals surface area contributed by atoms with E-state index in [1.165, 1.54) is 17.3 Å². The summed E-state index contributed by atoms with van der Waals surface area (Å²) in [5, 5.41) is 11.5. The van der Waals surface area contributed by atoms with E-state index in [4.69, 9.17) is 0 Å². The van der Waals surface area contributed by atoms with Crippen LogP contribution >= 0.6 is 11.8 Å². The smallest absolute Gasteiger partial charge is 0.230 e. The van der Waals surface area contributed by atoms with Crippen molar-refractivity contribution < 1.29 is 4.79 Å². The second-order valence-electron chi connectivity index (χ2n) is 4.52. The Labute approximate surface area is 122 Å². The van der Waals surface area contributed by atoms with Gasteiger partial charge >= 0.3 is 0 Å². The number of hydrogen-bond acceptors (Lipinski definition) is 4. The Balaban J connectivity index is 2.18. The molecule has 0 unspecified atom stereocenters. The van der Waals surface area contributed by atoms with Crippen LogP contribution in [0.3, 0.4) is 0 Å². The van der Waals surface area contributed by atoms with Crippen LogP contribution in [0.15, 0.2) is 29.7 Å². The number of amides is 1. The van der Waals surface area contributed by atoms with E-state index < -0.39 is 0 Å². The molecule has 0 aliphatic carbocycles. The molecule has 0 aliphatic rings. The molecule has 0 atom stereocenters. The predicted octanol–water partition coefficient (Wildman–Crippen LogP) is 2.11. The highest BCUT2D eigenvalue weighted by molar-refractivity contribution is 7.99. The summed E-state index contributed by atoms with van der Waals surface area (Å²) in [4.78, 5) is 11.5. The van der Waals surface area contributed by atoms with Crippen LogP contribution in [0.25, 0.3) is 5.69 Å². The van der Waals surface area contributed by atoms with Crippen LogP contribution in [-0.2, 0) is 4.79 Å². The first-order chi connectivity index (χ1) is 9.61. The van der Waals surface area contributed by atoms with E-state index in [1.54, 1.807) is 6.33 Å². The zero-order valence-electron chi connectivity index (χ0n) is 11.9. The van der Waals surface area contributed by atoms with E-state index in [9.17, 15) is 4.79 Å². The van der Waals surface area contributed by atoms with Gasteiger partial charge in [-0.2, -0.15) is 0 Å². The fourth-order valence-corrected chi connectivity index (χ4v) is 2.69. The van der Waals surface area contributed by atoms with Gasteiger partial charge in [-0.15, -0.1) is 10.2 Å². The van der Waals surface area contributed by atoms with Gasteiger partial charge in [-0.3, -0.25) is 9.36 Å². The van der Waals surface area contributed by atoms with Crippen LogP contribution < -0.4 is 5.32 Å². The Morgan fingerprint density at radius 2 is 2.20 bits per heavy atom. The number of carbonyl (C=O) groups is 1. The van der Waals surface area contributed by atoms with Crippen LogP contribution in [0.4, 0.5) is 0 Å². The van der Waals surface area contributed by atoms with Crippen molar-refractivity contribution >= 4 is 17.7 Å². The number of hydrogen-bond donors (Lipinski definition) is 1. The third-order valence-corrected chi connectivity index (χ3v) is 3.78. The SMILES string of the molecule is CCNC(=O)CSc1nncn1-c1ccc(C)cc1C. The van der Waals surface area contributed by atoms with E-state index in [0.717, 1.165) is 16.4 Å². The Morgan fingerprint density at radius 3 is 2.90 bits per heavy atom. The van der Waals surface area contributed by atoms with Crippen molar-refractivity contribution in [2.75, 3.05) is 12.3 Å². The first-order valence-electron chi connectivity index (χ1n) is 6.49. The van der Waals surface area contributed by atoms with Crippen molar-refractivity contribution in [3.8, 4) is 5.69 Å². The number of nitrogens with one attached hydrogen (secondary N) is 1. The van der Waals surface area contributed by atoms with Gasteiger partial charge < -0.3 is 5.32 Å². The Hall–Kier alpha value is -1.82. The molecule has 2 aromatic rings. The average molecular weight is 290 g/mol. The van der Waals surface area contributed by atoms with E-state index in [2.05, 4.69) is 41.5 Å². The minimum atomic E-state index is 0.00711. The number of thioether (sulfide) groups is 1. The van der Waals surface area contributed by atoms with Gasteiger partial charge in [-0.1, -0.05) is 29.5 Å². The average Bonchev–Trinajstić information content (AvgIpc) is 2.85. The maximum absolute atomic E-state index is 11.5. The fourth-order valence-electron chi connectivity index (χ4n) is 1.94. The van der Waals surface area contributed by atoms with Crippen molar-refractivity contribution in [3.05, 3.63) is 35.7 Å². The van der Waals surface area contributed by atoms with Crippen LogP contribution in [0.1, 0.15) is 18.1 Å². The Morgan fingerprint density at radius 1 is 1.40 bits per heavy atom. The molecule has 0 bridgehead atoms. The molecule has 1 amide bonds. The molecule has 20 heavy (non-hydrogen) atoms. The lowest BCUT2D eigenvalue weighted by atomic mass is 10.1. The van der Waals surface area contributed by atoms with Crippen LogP contribution in [-0.4, -0.2) is 33.0 Å². The summed E-state index contributed by atoms with van der Waals surface area (Å²) in [5.74, 6) is 0.352. The quantitative estimate of drug-likeness (QED) is 0.857. The summed E-state index contributed by atoms with van der Waals surface area (Å²) in [6.07, 6.45) is 1.68. The minimum Gasteiger partial charge on any atom is -0.356 e. The molecule has 1 aromatic heterocycles. The molecule has 0 fully saturated rings. The lowest BCUT2D eigenvalue weighted by Crippen LogP contribution is -2.24. The maximum atomic E-state index is 11.5. The molecule has 5 nitrogen and oxygen atoms in total. The molecule has 2 rings (SSSR count). The molecule has 1 heterocycles. The zero-order valence-corrected chi connectivity index (χ0v) is 12.7. The molecule has 6 heteroatoms. The molecule has 106 valence electrons. The van der Waals surface area contributed by atoms with Gasteiger partial charge in [-0.25, -0.2) is 0 Å². The van der Waals surface area contributed by atoms with Gasteiger partial charge in [0.25, 0.3) is 0 Å². The number of carbonyl (C=O) groups excluding carboxylic acids is 1.